The van der Waals surface area contributed by atoms with E-state index < -0.39 is 0 Å². The minimum Gasteiger partial charge on any atom is -0.265 e. The summed E-state index contributed by atoms with van der Waals surface area (Å²) in [5, 5.41) is 0. The van der Waals surface area contributed by atoms with Crippen LogP contribution in [0.3, 0.4) is 0 Å². The van der Waals surface area contributed by atoms with E-state index in [2.05, 4.69) is 35.8 Å². The quantitative estimate of drug-likeness (QED) is 0.710. The van der Waals surface area contributed by atoms with Crippen molar-refractivity contribution in [3.63, 3.8) is 0 Å². The second-order valence-electron chi connectivity index (χ2n) is 3.59. The van der Waals surface area contributed by atoms with Crippen LogP contribution in [-0.4, -0.2) is 4.98 Å². The molecule has 0 fully saturated rings. The number of pyridine rings is 1. The maximum Gasteiger partial charge on any atom is 0.0273 e. The molecule has 0 radical (unpaired) electrons. The van der Waals surface area contributed by atoms with E-state index in [9.17, 15) is 0 Å². The van der Waals surface area contributed by atoms with Crippen molar-refractivity contribution in [3.05, 3.63) is 60.9 Å². The number of hydrogen-bond donors (Lipinski definition) is 0. The van der Waals surface area contributed by atoms with E-state index in [1.807, 2.05) is 31.5 Å². The highest BCUT2D eigenvalue weighted by atomic mass is 14.6. The predicted molar refractivity (Wildman–Crippen MR) is 64.4 cm³/mol. The molecule has 2 rings (SSSR count). The molecule has 15 heavy (non-hydrogen) atoms. The van der Waals surface area contributed by atoms with E-state index >= 15 is 0 Å². The first-order chi connectivity index (χ1) is 7.27. The molecule has 0 unspecified atom stereocenters. The monoisotopic (exact) mass is 195 g/mol. The minimum atomic E-state index is 1.09. The molecule has 0 N–H and O–H groups in total. The van der Waals surface area contributed by atoms with E-state index in [0.29, 0.717) is 0 Å². The van der Waals surface area contributed by atoms with Gasteiger partial charge in [0.15, 0.2) is 0 Å². The van der Waals surface area contributed by atoms with Gasteiger partial charge in [0, 0.05) is 12.4 Å². The Balaban J connectivity index is 2.36. The zero-order chi connectivity index (χ0) is 10.7. The summed E-state index contributed by atoms with van der Waals surface area (Å²) in [6.45, 7) is 5.93. The third-order valence-corrected chi connectivity index (χ3v) is 2.39. The third-order valence-electron chi connectivity index (χ3n) is 2.39. The van der Waals surface area contributed by atoms with Crippen molar-refractivity contribution in [3.8, 4) is 11.1 Å². The molecule has 1 nitrogen and oxygen atoms in total. The Labute approximate surface area is 90.1 Å². The van der Waals surface area contributed by atoms with E-state index in [0.717, 1.165) is 5.57 Å². The highest BCUT2D eigenvalue weighted by molar-refractivity contribution is 5.68. The van der Waals surface area contributed by atoms with Gasteiger partial charge in [-0.2, -0.15) is 0 Å². The number of allylic oxidation sites excluding steroid dienone is 1. The van der Waals surface area contributed by atoms with E-state index in [-0.39, 0.29) is 0 Å². The molecule has 0 bridgehead atoms. The van der Waals surface area contributed by atoms with Crippen molar-refractivity contribution in [2.75, 3.05) is 0 Å². The van der Waals surface area contributed by atoms with Crippen LogP contribution in [0.25, 0.3) is 16.7 Å². The maximum atomic E-state index is 4.00. The maximum absolute atomic E-state index is 4.00. The van der Waals surface area contributed by atoms with Crippen molar-refractivity contribution >= 4 is 5.57 Å². The molecule has 0 saturated heterocycles. The van der Waals surface area contributed by atoms with Crippen LogP contribution in [-0.2, 0) is 0 Å². The van der Waals surface area contributed by atoms with Crippen LogP contribution in [0.1, 0.15) is 12.5 Å². The molecule has 0 spiro atoms. The van der Waals surface area contributed by atoms with E-state index in [4.69, 9.17) is 0 Å². The average Bonchev–Trinajstić information content (AvgIpc) is 2.30. The normalized spacial score (nSPS) is 9.93. The van der Waals surface area contributed by atoms with Gasteiger partial charge >= 0.3 is 0 Å². The molecule has 0 amide bonds. The molecule has 74 valence electrons. The Kier molecular flexibility index (Phi) is 2.64. The van der Waals surface area contributed by atoms with Crippen LogP contribution in [0.2, 0.25) is 0 Å². The highest BCUT2D eigenvalue weighted by Crippen LogP contribution is 2.20. The van der Waals surface area contributed by atoms with Crippen LogP contribution in [0, 0.1) is 0 Å². The summed E-state index contributed by atoms with van der Waals surface area (Å²) in [6.07, 6.45) is 3.62. The molecule has 1 heterocycles. The number of rotatable bonds is 2. The van der Waals surface area contributed by atoms with Gasteiger partial charge in [0.05, 0.1) is 0 Å². The molecule has 0 saturated carbocycles. The number of hydrogen-bond acceptors (Lipinski definition) is 1. The molecule has 1 heteroatoms. The lowest BCUT2D eigenvalue weighted by Crippen LogP contribution is -1.80. The SMILES string of the molecule is C=C(C)c1ccc(-c2ccncc2)cc1. The van der Waals surface area contributed by atoms with E-state index in [1.165, 1.54) is 16.7 Å². The Morgan fingerprint density at radius 3 is 2.00 bits per heavy atom. The molecular weight excluding hydrogens is 182 g/mol. The third kappa shape index (κ3) is 2.13. The second kappa shape index (κ2) is 4.09. The topological polar surface area (TPSA) is 12.9 Å². The fourth-order valence-electron chi connectivity index (χ4n) is 1.49. The van der Waals surface area contributed by atoms with Crippen LogP contribution in [0.5, 0.6) is 0 Å². The van der Waals surface area contributed by atoms with Gasteiger partial charge in [-0.05, 0) is 35.7 Å². The molecule has 1 aromatic carbocycles. The van der Waals surface area contributed by atoms with Gasteiger partial charge in [-0.1, -0.05) is 36.4 Å². The molecule has 1 aromatic heterocycles. The van der Waals surface area contributed by atoms with Gasteiger partial charge in [-0.25, -0.2) is 0 Å². The van der Waals surface area contributed by atoms with Gasteiger partial charge in [0.2, 0.25) is 0 Å². The number of aromatic nitrogens is 1. The zero-order valence-electron chi connectivity index (χ0n) is 8.77. The minimum absolute atomic E-state index is 1.09. The lowest BCUT2D eigenvalue weighted by Gasteiger charge is -2.03. The first-order valence-electron chi connectivity index (χ1n) is 4.94. The second-order valence-corrected chi connectivity index (χ2v) is 3.59. The number of nitrogens with zero attached hydrogens (tertiary/aromatic N) is 1. The van der Waals surface area contributed by atoms with Crippen molar-refractivity contribution in [1.29, 1.82) is 0 Å². The van der Waals surface area contributed by atoms with Crippen LogP contribution < -0.4 is 0 Å². The smallest absolute Gasteiger partial charge is 0.0273 e. The Hall–Kier alpha value is -1.89. The summed E-state index contributed by atoms with van der Waals surface area (Å²) in [5.74, 6) is 0. The fraction of sp³-hybridized carbons (Fsp3) is 0.0714. The van der Waals surface area contributed by atoms with Gasteiger partial charge in [-0.15, -0.1) is 0 Å². The summed E-state index contributed by atoms with van der Waals surface area (Å²) in [6, 6.07) is 12.4. The largest absolute Gasteiger partial charge is 0.265 e. The van der Waals surface area contributed by atoms with Crippen molar-refractivity contribution in [2.24, 2.45) is 0 Å². The van der Waals surface area contributed by atoms with Gasteiger partial charge in [0.1, 0.15) is 0 Å². The first kappa shape index (κ1) is 9.66. The summed E-state index contributed by atoms with van der Waals surface area (Å²) in [4.78, 5) is 4.00. The fourth-order valence-corrected chi connectivity index (χ4v) is 1.49. The van der Waals surface area contributed by atoms with Crippen LogP contribution in [0.4, 0.5) is 0 Å². The van der Waals surface area contributed by atoms with Crippen molar-refractivity contribution in [2.45, 2.75) is 6.92 Å². The molecule has 0 atom stereocenters. The first-order valence-corrected chi connectivity index (χ1v) is 4.94. The molecule has 0 aliphatic heterocycles. The molecular formula is C14H13N. The van der Waals surface area contributed by atoms with Crippen molar-refractivity contribution in [1.82, 2.24) is 4.98 Å². The molecule has 0 aliphatic rings. The number of benzene rings is 1. The van der Waals surface area contributed by atoms with Crippen molar-refractivity contribution < 1.29 is 0 Å². The Bertz CT molecular complexity index is 454. The van der Waals surface area contributed by atoms with E-state index in [1.54, 1.807) is 0 Å². The standard InChI is InChI=1S/C14H13N/c1-11(2)12-3-5-13(6-4-12)14-7-9-15-10-8-14/h3-10H,1H2,2H3. The zero-order valence-corrected chi connectivity index (χ0v) is 8.77. The Morgan fingerprint density at radius 2 is 1.47 bits per heavy atom. The average molecular weight is 195 g/mol. The highest BCUT2D eigenvalue weighted by Gasteiger charge is 1.97. The van der Waals surface area contributed by atoms with Gasteiger partial charge in [0.25, 0.3) is 0 Å². The predicted octanol–water partition coefficient (Wildman–Crippen LogP) is 3.78. The van der Waals surface area contributed by atoms with Gasteiger partial charge < -0.3 is 0 Å². The summed E-state index contributed by atoms with van der Waals surface area (Å²) < 4.78 is 0. The molecule has 0 aliphatic carbocycles. The summed E-state index contributed by atoms with van der Waals surface area (Å²) >= 11 is 0. The van der Waals surface area contributed by atoms with Crippen LogP contribution in [0.15, 0.2) is 55.4 Å². The lowest BCUT2D eigenvalue weighted by atomic mass is 10.0. The summed E-state index contributed by atoms with van der Waals surface area (Å²) in [5.41, 5.74) is 4.68. The van der Waals surface area contributed by atoms with Gasteiger partial charge in [-0.3, -0.25) is 4.98 Å². The summed E-state index contributed by atoms with van der Waals surface area (Å²) in [7, 11) is 0. The lowest BCUT2D eigenvalue weighted by molar-refractivity contribution is 1.33. The van der Waals surface area contributed by atoms with Crippen LogP contribution >= 0.6 is 0 Å². The Morgan fingerprint density at radius 1 is 0.933 bits per heavy atom. The molecule has 2 aromatic rings.